The van der Waals surface area contributed by atoms with Crippen molar-refractivity contribution in [3.8, 4) is 0 Å². The van der Waals surface area contributed by atoms with Gasteiger partial charge in [0, 0.05) is 0 Å². The first-order valence-electron chi connectivity index (χ1n) is 25.8. The minimum absolute atomic E-state index is 0.606. The maximum atomic E-state index is 11.7. The molecule has 0 aromatic heterocycles. The SMILES string of the molecule is OC[C@@H]1O[C@@H](OC[C@@H]2O[C@@H](O[C@H]3[C@@H](O)[C@@H](CO)O[C@@H](OC[C@H]4O[C@@H](OC[C@H]5O[C@@H](OC[C@H]6OC(O)[C@H](O)[C@@H](O)[C@H]6O)[C@H](O)[C@@H](O[C@@H]6O[C@@H](CO)[C@H](O)[C@H]6O)[C@H]5O)[C@H](O)[C@@H](O[C@@H]5O[C@@H](CO)[C@H](O)[C@H]5O)[C@H]4O)[C@@H]3O)[C@H](O)[C@H]2O)[C@H](O)[C@H]1O. The third-order valence-electron chi connectivity index (χ3n) is 15.2. The first-order valence-corrected chi connectivity index (χ1v) is 25.8. The molecule has 0 bridgehead atoms. The average Bonchev–Trinajstić information content (AvgIpc) is 4.25. The Bertz CT molecular complexity index is 1920. The van der Waals surface area contributed by atoms with Crippen molar-refractivity contribution in [2.45, 2.75) is 221 Å². The van der Waals surface area contributed by atoms with E-state index in [9.17, 15) is 112 Å². The van der Waals surface area contributed by atoms with Gasteiger partial charge >= 0.3 is 0 Å². The van der Waals surface area contributed by atoms with Crippen LogP contribution >= 0.6 is 0 Å². The number of ether oxygens (including phenoxy) is 15. The first-order chi connectivity index (χ1) is 38.4. The molecule has 0 spiro atoms. The third kappa shape index (κ3) is 13.8. The van der Waals surface area contributed by atoms with E-state index in [4.69, 9.17) is 71.1 Å². The molecule has 0 aromatic rings. The van der Waals surface area contributed by atoms with Crippen molar-refractivity contribution in [1.29, 1.82) is 0 Å². The molecule has 8 fully saturated rings. The molecule has 8 aliphatic rings. The molecule has 37 heteroatoms. The van der Waals surface area contributed by atoms with E-state index < -0.39 is 274 Å². The monoisotopic (exact) mass is 1190 g/mol. The number of rotatable bonds is 22. The zero-order chi connectivity index (χ0) is 59.0. The highest BCUT2D eigenvalue weighted by atomic mass is 16.8. The lowest BCUT2D eigenvalue weighted by molar-refractivity contribution is -0.365. The summed E-state index contributed by atoms with van der Waals surface area (Å²) in [5.41, 5.74) is 0. The van der Waals surface area contributed by atoms with Gasteiger partial charge in [-0.2, -0.15) is 0 Å². The van der Waals surface area contributed by atoms with Gasteiger partial charge in [0.1, 0.15) is 171 Å². The molecule has 1 unspecified atom stereocenters. The van der Waals surface area contributed by atoms with Crippen molar-refractivity contribution in [2.24, 2.45) is 0 Å². The molecule has 81 heavy (non-hydrogen) atoms. The van der Waals surface area contributed by atoms with Crippen LogP contribution < -0.4 is 0 Å². The fourth-order valence-electron chi connectivity index (χ4n) is 10.2. The summed E-state index contributed by atoms with van der Waals surface area (Å²) in [6, 6.07) is 0. The molecule has 8 rings (SSSR count). The highest BCUT2D eigenvalue weighted by molar-refractivity contribution is 4.99. The normalized spacial score (nSPS) is 53.4. The Labute approximate surface area is 457 Å². The molecule has 37 nitrogen and oxygen atoms in total. The fourth-order valence-corrected chi connectivity index (χ4v) is 10.2. The van der Waals surface area contributed by atoms with Crippen molar-refractivity contribution in [3.05, 3.63) is 0 Å². The van der Waals surface area contributed by atoms with Gasteiger partial charge in [0.15, 0.2) is 50.3 Å². The molecule has 22 N–H and O–H groups in total. The molecule has 36 atom stereocenters. The van der Waals surface area contributed by atoms with Gasteiger partial charge in [-0.25, -0.2) is 0 Å². The highest BCUT2D eigenvalue weighted by Crippen LogP contribution is 2.36. The van der Waals surface area contributed by atoms with Gasteiger partial charge in [-0.15, -0.1) is 0 Å². The van der Waals surface area contributed by atoms with E-state index in [1.807, 2.05) is 0 Å². The van der Waals surface area contributed by atoms with Gasteiger partial charge in [-0.05, 0) is 0 Å². The summed E-state index contributed by atoms with van der Waals surface area (Å²) in [5.74, 6) is 0. The van der Waals surface area contributed by atoms with Crippen LogP contribution in [0.3, 0.4) is 0 Å². The number of aliphatic hydroxyl groups is 22. The molecular weight excluding hydrogens is 1120 g/mol. The van der Waals surface area contributed by atoms with Crippen molar-refractivity contribution in [3.63, 3.8) is 0 Å². The van der Waals surface area contributed by atoms with E-state index in [0.29, 0.717) is 0 Å². The lowest BCUT2D eigenvalue weighted by atomic mass is 9.97. The molecule has 0 saturated carbocycles. The van der Waals surface area contributed by atoms with Gasteiger partial charge in [-0.1, -0.05) is 0 Å². The topological polar surface area (TPSA) is 584 Å². The predicted molar refractivity (Wildman–Crippen MR) is 240 cm³/mol. The van der Waals surface area contributed by atoms with E-state index >= 15 is 0 Å². The Hall–Kier alpha value is -1.48. The zero-order valence-corrected chi connectivity index (χ0v) is 42.4. The summed E-state index contributed by atoms with van der Waals surface area (Å²) in [7, 11) is 0. The first kappa shape index (κ1) is 65.5. The summed E-state index contributed by atoms with van der Waals surface area (Å²) >= 11 is 0. The number of hydrogen-bond acceptors (Lipinski definition) is 37. The molecule has 472 valence electrons. The Morgan fingerprint density at radius 1 is 0.210 bits per heavy atom. The Morgan fingerprint density at radius 3 is 0.765 bits per heavy atom. The van der Waals surface area contributed by atoms with Crippen molar-refractivity contribution >= 4 is 0 Å². The third-order valence-corrected chi connectivity index (χ3v) is 15.2. The predicted octanol–water partition coefficient (Wildman–Crippen LogP) is -15.9. The largest absolute Gasteiger partial charge is 0.394 e. The molecule has 0 amide bonds. The van der Waals surface area contributed by atoms with Gasteiger partial charge in [0.25, 0.3) is 0 Å². The van der Waals surface area contributed by atoms with Crippen LogP contribution in [0.1, 0.15) is 0 Å². The minimum Gasteiger partial charge on any atom is -0.394 e. The average molecular weight is 1200 g/mol. The van der Waals surface area contributed by atoms with Crippen LogP contribution in [-0.4, -0.2) is 386 Å². The Morgan fingerprint density at radius 2 is 0.432 bits per heavy atom. The Balaban J connectivity index is 0.970. The molecule has 0 aliphatic carbocycles. The second kappa shape index (κ2) is 28.1. The number of aliphatic hydroxyl groups excluding tert-OH is 22. The van der Waals surface area contributed by atoms with Gasteiger partial charge in [0.05, 0.1) is 52.9 Å². The molecule has 8 aliphatic heterocycles. The van der Waals surface area contributed by atoms with Gasteiger partial charge < -0.3 is 183 Å². The summed E-state index contributed by atoms with van der Waals surface area (Å²) in [4.78, 5) is 0. The van der Waals surface area contributed by atoms with E-state index in [2.05, 4.69) is 0 Å². The minimum atomic E-state index is -2.16. The van der Waals surface area contributed by atoms with Crippen LogP contribution in [0.5, 0.6) is 0 Å². The molecule has 0 aromatic carbocycles. The highest BCUT2D eigenvalue weighted by Gasteiger charge is 2.57. The van der Waals surface area contributed by atoms with Crippen molar-refractivity contribution < 1.29 is 183 Å². The molecule has 8 heterocycles. The van der Waals surface area contributed by atoms with Crippen LogP contribution in [0.4, 0.5) is 0 Å². The van der Waals surface area contributed by atoms with Gasteiger partial charge in [-0.3, -0.25) is 0 Å². The summed E-state index contributed by atoms with van der Waals surface area (Å²) in [5, 5.41) is 233. The lowest BCUT2D eigenvalue weighted by Gasteiger charge is -2.46. The summed E-state index contributed by atoms with van der Waals surface area (Å²) in [6.45, 7) is -6.57. The van der Waals surface area contributed by atoms with E-state index in [0.717, 1.165) is 0 Å². The maximum absolute atomic E-state index is 11.7. The van der Waals surface area contributed by atoms with Crippen LogP contribution in [0.15, 0.2) is 0 Å². The van der Waals surface area contributed by atoms with Crippen molar-refractivity contribution in [2.75, 3.05) is 52.9 Å². The van der Waals surface area contributed by atoms with Crippen LogP contribution in [0, 0.1) is 0 Å². The van der Waals surface area contributed by atoms with E-state index in [-0.39, 0.29) is 0 Å². The smallest absolute Gasteiger partial charge is 0.187 e. The summed E-state index contributed by atoms with van der Waals surface area (Å²) in [6.07, 6.45) is -65.4. The van der Waals surface area contributed by atoms with Crippen LogP contribution in [0.2, 0.25) is 0 Å². The number of hydrogen-bond donors (Lipinski definition) is 22. The zero-order valence-electron chi connectivity index (χ0n) is 42.4. The molecule has 0 radical (unpaired) electrons. The van der Waals surface area contributed by atoms with Crippen LogP contribution in [-0.2, 0) is 71.1 Å². The Kier molecular flexibility index (Phi) is 22.7. The fraction of sp³-hybridized carbons (Fsp3) is 1.00. The van der Waals surface area contributed by atoms with Gasteiger partial charge in [0.2, 0.25) is 0 Å². The maximum Gasteiger partial charge on any atom is 0.187 e. The van der Waals surface area contributed by atoms with E-state index in [1.165, 1.54) is 0 Å². The lowest BCUT2D eigenvalue weighted by Crippen LogP contribution is -2.64. The molecular formula is C44H74O37. The molecule has 8 saturated heterocycles. The van der Waals surface area contributed by atoms with Crippen LogP contribution in [0.25, 0.3) is 0 Å². The van der Waals surface area contributed by atoms with Crippen molar-refractivity contribution in [1.82, 2.24) is 0 Å². The quantitative estimate of drug-likeness (QED) is 0.0479. The van der Waals surface area contributed by atoms with E-state index in [1.54, 1.807) is 0 Å². The second-order valence-corrected chi connectivity index (χ2v) is 20.6. The summed E-state index contributed by atoms with van der Waals surface area (Å²) < 4.78 is 83.8. The second-order valence-electron chi connectivity index (χ2n) is 20.6. The standard InChI is InChI=1S/C44H74O37/c45-1-9-17(49)27(59)38(72-9)67-6-14-21(53)30(62)44(78-14)79-34-22(54)12(4-48)73-39(31(34)63)69-7-15-23(55)36(81-43-29(61)19(51)11(3-47)75-43)33(65)41(77-15)70-8-16-24(56)35(80-42-28(60)18(50)10(2-46)74-42)32(64)40(76-16)68-5-13-20(52)25(57)26(58)37(66)71-13/h9-66H,1-8H2/t9-,10-,11-,12+,13+,14-,15+,16+,17-,18-,19-,20-,21-,22-,23-,24-,25-,26+,27+,28+,29+,30+,31+,32+,33+,34-,35-,36-,37?,38+,39+,40+,41+,42-,43-,44-/m0/s1.